The molecule has 0 aliphatic carbocycles. The van der Waals surface area contributed by atoms with Gasteiger partial charge in [-0.1, -0.05) is 13.8 Å². The van der Waals surface area contributed by atoms with E-state index in [0.29, 0.717) is 6.04 Å². The molecule has 0 bridgehead atoms. The molecule has 1 fully saturated rings. The molecular formula is C14H25N3S2. The second-order valence-electron chi connectivity index (χ2n) is 5.07. The highest BCUT2D eigenvalue weighted by molar-refractivity contribution is 8.00. The van der Waals surface area contributed by atoms with E-state index in [2.05, 4.69) is 49.7 Å². The average molecular weight is 300 g/mol. The summed E-state index contributed by atoms with van der Waals surface area (Å²) in [6, 6.07) is 0.414. The van der Waals surface area contributed by atoms with Crippen LogP contribution in [0.2, 0.25) is 0 Å². The molecule has 19 heavy (non-hydrogen) atoms. The van der Waals surface area contributed by atoms with Crippen molar-refractivity contribution >= 4 is 28.2 Å². The van der Waals surface area contributed by atoms with Gasteiger partial charge in [-0.3, -0.25) is 0 Å². The van der Waals surface area contributed by atoms with Gasteiger partial charge in [0.15, 0.2) is 5.13 Å². The van der Waals surface area contributed by atoms with E-state index in [1.54, 1.807) is 0 Å². The minimum atomic E-state index is 0.414. The van der Waals surface area contributed by atoms with E-state index in [0.717, 1.165) is 24.9 Å². The van der Waals surface area contributed by atoms with Gasteiger partial charge in [0, 0.05) is 35.0 Å². The quantitative estimate of drug-likeness (QED) is 0.901. The molecule has 1 saturated heterocycles. The Kier molecular flexibility index (Phi) is 5.54. The molecule has 108 valence electrons. The lowest BCUT2D eigenvalue weighted by molar-refractivity contribution is 0.603. The summed E-state index contributed by atoms with van der Waals surface area (Å²) < 4.78 is 0. The Morgan fingerprint density at radius 2 is 2.26 bits per heavy atom. The van der Waals surface area contributed by atoms with Gasteiger partial charge < -0.3 is 10.2 Å². The van der Waals surface area contributed by atoms with Crippen LogP contribution in [-0.2, 0) is 0 Å². The Balaban J connectivity index is 2.10. The average Bonchev–Trinajstić information content (AvgIpc) is 2.81. The Labute approximate surface area is 125 Å². The third-order valence-electron chi connectivity index (χ3n) is 3.59. The first kappa shape index (κ1) is 15.1. The first-order chi connectivity index (χ1) is 9.15. The zero-order chi connectivity index (χ0) is 13.8. The van der Waals surface area contributed by atoms with Crippen molar-refractivity contribution in [3.63, 3.8) is 0 Å². The molecule has 1 aromatic rings. The second-order valence-corrected chi connectivity index (χ2v) is 7.49. The molecule has 0 amide bonds. The standard InChI is InChI=1S/C14H25N3S2/c1-5-12-9-17(7-8-18-12)14-16-11(4)13(19-14)10(3)15-6-2/h10,12,15H,5-9H2,1-4H3. The number of thiazole rings is 1. The number of rotatable bonds is 5. The van der Waals surface area contributed by atoms with E-state index in [1.165, 1.54) is 27.9 Å². The van der Waals surface area contributed by atoms with E-state index in [9.17, 15) is 0 Å². The van der Waals surface area contributed by atoms with Crippen LogP contribution >= 0.6 is 23.1 Å². The molecule has 1 aliphatic rings. The smallest absolute Gasteiger partial charge is 0.185 e. The van der Waals surface area contributed by atoms with Crippen LogP contribution in [0.15, 0.2) is 0 Å². The molecule has 3 nitrogen and oxygen atoms in total. The van der Waals surface area contributed by atoms with Crippen LogP contribution in [0.25, 0.3) is 0 Å². The SMILES string of the molecule is CCNC(C)c1sc(N2CCSC(CC)C2)nc1C. The van der Waals surface area contributed by atoms with E-state index in [-0.39, 0.29) is 0 Å². The molecule has 1 aromatic heterocycles. The van der Waals surface area contributed by atoms with Crippen LogP contribution in [0.4, 0.5) is 5.13 Å². The van der Waals surface area contributed by atoms with Crippen molar-refractivity contribution in [3.05, 3.63) is 10.6 Å². The highest BCUT2D eigenvalue weighted by atomic mass is 32.2. The fraction of sp³-hybridized carbons (Fsp3) is 0.786. The van der Waals surface area contributed by atoms with Crippen molar-refractivity contribution in [2.45, 2.75) is 45.4 Å². The number of hydrogen-bond donors (Lipinski definition) is 1. The van der Waals surface area contributed by atoms with Crippen LogP contribution < -0.4 is 10.2 Å². The first-order valence-corrected chi connectivity index (χ1v) is 9.09. The molecule has 0 spiro atoms. The van der Waals surface area contributed by atoms with Gasteiger partial charge in [0.25, 0.3) is 0 Å². The first-order valence-electron chi connectivity index (χ1n) is 7.22. The highest BCUT2D eigenvalue weighted by Gasteiger charge is 2.23. The summed E-state index contributed by atoms with van der Waals surface area (Å²) in [5.74, 6) is 1.23. The van der Waals surface area contributed by atoms with Gasteiger partial charge in [0.2, 0.25) is 0 Å². The summed E-state index contributed by atoms with van der Waals surface area (Å²) in [5, 5.41) is 5.48. The lowest BCUT2D eigenvalue weighted by Crippen LogP contribution is -2.37. The largest absolute Gasteiger partial charge is 0.346 e. The van der Waals surface area contributed by atoms with Crippen molar-refractivity contribution in [2.75, 3.05) is 30.3 Å². The number of aromatic nitrogens is 1. The van der Waals surface area contributed by atoms with E-state index < -0.39 is 0 Å². The van der Waals surface area contributed by atoms with Gasteiger partial charge >= 0.3 is 0 Å². The molecule has 1 aliphatic heterocycles. The fourth-order valence-electron chi connectivity index (χ4n) is 2.47. The molecule has 2 heterocycles. The van der Waals surface area contributed by atoms with Crippen LogP contribution in [0.1, 0.15) is 43.8 Å². The molecule has 5 heteroatoms. The summed E-state index contributed by atoms with van der Waals surface area (Å²) >= 11 is 3.98. The molecule has 2 unspecified atom stereocenters. The number of hydrogen-bond acceptors (Lipinski definition) is 5. The van der Waals surface area contributed by atoms with E-state index >= 15 is 0 Å². The lowest BCUT2D eigenvalue weighted by atomic mass is 10.2. The molecular weight excluding hydrogens is 274 g/mol. The van der Waals surface area contributed by atoms with Gasteiger partial charge in [0.1, 0.15) is 0 Å². The number of anilines is 1. The summed E-state index contributed by atoms with van der Waals surface area (Å²) in [7, 11) is 0. The maximum absolute atomic E-state index is 4.80. The maximum atomic E-state index is 4.80. The minimum absolute atomic E-state index is 0.414. The summed E-state index contributed by atoms with van der Waals surface area (Å²) in [6.07, 6.45) is 1.26. The van der Waals surface area contributed by atoms with Gasteiger partial charge in [-0.25, -0.2) is 4.98 Å². The Bertz CT molecular complexity index is 405. The van der Waals surface area contributed by atoms with Crippen LogP contribution in [0.5, 0.6) is 0 Å². The summed E-state index contributed by atoms with van der Waals surface area (Å²) in [4.78, 5) is 8.67. The topological polar surface area (TPSA) is 28.2 Å². The van der Waals surface area contributed by atoms with Gasteiger partial charge in [-0.05, 0) is 26.8 Å². The predicted molar refractivity (Wildman–Crippen MR) is 87.7 cm³/mol. The van der Waals surface area contributed by atoms with Crippen molar-refractivity contribution in [1.82, 2.24) is 10.3 Å². The zero-order valence-corrected chi connectivity index (χ0v) is 14.0. The summed E-state index contributed by atoms with van der Waals surface area (Å²) in [6.45, 7) is 12.1. The zero-order valence-electron chi connectivity index (χ0n) is 12.4. The fourth-order valence-corrected chi connectivity index (χ4v) is 4.78. The highest BCUT2D eigenvalue weighted by Crippen LogP contribution is 2.33. The number of nitrogens with zero attached hydrogens (tertiary/aromatic N) is 2. The Morgan fingerprint density at radius 1 is 1.47 bits per heavy atom. The molecule has 1 N–H and O–H groups in total. The van der Waals surface area contributed by atoms with E-state index in [4.69, 9.17) is 4.98 Å². The molecule has 0 radical (unpaired) electrons. The van der Waals surface area contributed by atoms with Crippen LogP contribution in [-0.4, -0.2) is 35.6 Å². The third-order valence-corrected chi connectivity index (χ3v) is 6.36. The summed E-state index contributed by atoms with van der Waals surface area (Å²) in [5.41, 5.74) is 1.19. The number of nitrogens with one attached hydrogen (secondary N) is 1. The van der Waals surface area contributed by atoms with Crippen molar-refractivity contribution in [2.24, 2.45) is 0 Å². The number of thioether (sulfide) groups is 1. The Morgan fingerprint density at radius 3 is 2.95 bits per heavy atom. The predicted octanol–water partition coefficient (Wildman–Crippen LogP) is 3.45. The molecule has 2 atom stereocenters. The van der Waals surface area contributed by atoms with Crippen molar-refractivity contribution in [3.8, 4) is 0 Å². The molecule has 0 aromatic carbocycles. The van der Waals surface area contributed by atoms with Crippen molar-refractivity contribution in [1.29, 1.82) is 0 Å². The van der Waals surface area contributed by atoms with Crippen molar-refractivity contribution < 1.29 is 0 Å². The third kappa shape index (κ3) is 3.64. The molecule has 2 rings (SSSR count). The Hall–Kier alpha value is -0.260. The monoisotopic (exact) mass is 299 g/mol. The van der Waals surface area contributed by atoms with E-state index in [1.807, 2.05) is 11.3 Å². The van der Waals surface area contributed by atoms with Gasteiger partial charge in [-0.15, -0.1) is 11.3 Å². The maximum Gasteiger partial charge on any atom is 0.185 e. The number of aryl methyl sites for hydroxylation is 1. The molecule has 0 saturated carbocycles. The van der Waals surface area contributed by atoms with Crippen LogP contribution in [0.3, 0.4) is 0 Å². The lowest BCUT2D eigenvalue weighted by Gasteiger charge is -2.31. The van der Waals surface area contributed by atoms with Gasteiger partial charge in [-0.2, -0.15) is 11.8 Å². The normalized spacial score (nSPS) is 21.7. The minimum Gasteiger partial charge on any atom is -0.346 e. The van der Waals surface area contributed by atoms with Crippen LogP contribution in [0, 0.1) is 6.92 Å². The second kappa shape index (κ2) is 6.95. The van der Waals surface area contributed by atoms with Gasteiger partial charge in [0.05, 0.1) is 5.69 Å².